The number of nitrogens with zero attached hydrogens (tertiary/aromatic N) is 2. The Balaban J connectivity index is 1.79. The molecule has 0 aromatic heterocycles. The fourth-order valence-corrected chi connectivity index (χ4v) is 5.20. The smallest absolute Gasteiger partial charge is 0.270 e. The van der Waals surface area contributed by atoms with Crippen LogP contribution in [0.15, 0.2) is 52.5 Å². The second-order valence-electron chi connectivity index (χ2n) is 8.55. The number of benzene rings is 2. The highest BCUT2D eigenvalue weighted by molar-refractivity contribution is 9.10. The first-order valence-electron chi connectivity index (χ1n) is 10.5. The van der Waals surface area contributed by atoms with Crippen LogP contribution in [0.1, 0.15) is 38.8 Å². The monoisotopic (exact) mass is 543 g/mol. The number of halogens is 2. The third-order valence-corrected chi connectivity index (χ3v) is 7.04. The predicted molar refractivity (Wildman–Crippen MR) is 143 cm³/mol. The van der Waals surface area contributed by atoms with E-state index in [0.29, 0.717) is 16.3 Å². The predicted octanol–water partition coefficient (Wildman–Crippen LogP) is 5.96. The summed E-state index contributed by atoms with van der Waals surface area (Å²) in [5.41, 5.74) is 4.17. The lowest BCUT2D eigenvalue weighted by atomic mass is 9.87. The summed E-state index contributed by atoms with van der Waals surface area (Å²) >= 11 is 15.3. The van der Waals surface area contributed by atoms with Gasteiger partial charge >= 0.3 is 0 Å². The number of thiocarbonyl (C=S) groups is 1. The molecule has 2 aliphatic heterocycles. The number of carbonyl (C=O) groups is 2. The second-order valence-corrected chi connectivity index (χ2v) is 10.3. The Kier molecular flexibility index (Phi) is 6.24. The molecule has 2 aromatic carbocycles. The number of nitrogens with one attached hydrogen (secondary N) is 1. The summed E-state index contributed by atoms with van der Waals surface area (Å²) in [6, 6.07) is 11.0. The summed E-state index contributed by atoms with van der Waals surface area (Å²) in [5.74, 6) is -1.04. The molecule has 1 saturated heterocycles. The van der Waals surface area contributed by atoms with Crippen LogP contribution in [0, 0.1) is 0 Å². The van der Waals surface area contributed by atoms with Crippen LogP contribution in [-0.2, 0) is 9.59 Å². The number of hydrogen-bond acceptors (Lipinski definition) is 4. The molecule has 0 saturated carbocycles. The van der Waals surface area contributed by atoms with Crippen LogP contribution in [0.25, 0.3) is 11.6 Å². The van der Waals surface area contributed by atoms with Gasteiger partial charge in [-0.15, -0.1) is 0 Å². The first-order chi connectivity index (χ1) is 15.5. The van der Waals surface area contributed by atoms with Gasteiger partial charge in [0.2, 0.25) is 0 Å². The van der Waals surface area contributed by atoms with Gasteiger partial charge in [0.15, 0.2) is 5.11 Å². The van der Waals surface area contributed by atoms with Crippen LogP contribution in [0.3, 0.4) is 0 Å². The van der Waals surface area contributed by atoms with E-state index in [9.17, 15) is 9.59 Å². The Morgan fingerprint density at radius 2 is 1.85 bits per heavy atom. The summed E-state index contributed by atoms with van der Waals surface area (Å²) in [4.78, 5) is 29.6. The van der Waals surface area contributed by atoms with Crippen molar-refractivity contribution in [2.45, 2.75) is 33.2 Å². The lowest BCUT2D eigenvalue weighted by Gasteiger charge is -2.43. The third-order valence-electron chi connectivity index (χ3n) is 5.90. The number of likely N-dealkylation sites (N-methyl/N-ethyl adjacent to an activating group) is 1. The maximum atomic E-state index is 13.3. The van der Waals surface area contributed by atoms with Gasteiger partial charge in [0.1, 0.15) is 5.57 Å². The van der Waals surface area contributed by atoms with Crippen molar-refractivity contribution < 1.29 is 9.59 Å². The molecule has 1 fully saturated rings. The van der Waals surface area contributed by atoms with E-state index in [2.05, 4.69) is 59.9 Å². The van der Waals surface area contributed by atoms with Gasteiger partial charge in [-0.3, -0.25) is 19.8 Å². The summed E-state index contributed by atoms with van der Waals surface area (Å²) in [6.07, 6.45) is 3.76. The molecule has 0 unspecified atom stereocenters. The van der Waals surface area contributed by atoms with Gasteiger partial charge in [0.25, 0.3) is 11.8 Å². The minimum absolute atomic E-state index is 0.0292. The Hall–Kier alpha value is -2.48. The van der Waals surface area contributed by atoms with Gasteiger partial charge < -0.3 is 4.90 Å². The van der Waals surface area contributed by atoms with Crippen LogP contribution in [0.2, 0.25) is 5.02 Å². The largest absolute Gasteiger partial charge is 0.363 e. The van der Waals surface area contributed by atoms with Gasteiger partial charge in [-0.25, -0.2) is 0 Å². The third kappa shape index (κ3) is 4.25. The molecule has 4 rings (SSSR count). The fraction of sp³-hybridized carbons (Fsp3) is 0.240. The molecule has 0 spiro atoms. The van der Waals surface area contributed by atoms with Crippen LogP contribution in [0.4, 0.5) is 11.4 Å². The lowest BCUT2D eigenvalue weighted by molar-refractivity contribution is -0.122. The molecule has 2 aliphatic rings. The molecule has 5 nitrogen and oxygen atoms in total. The first-order valence-corrected chi connectivity index (χ1v) is 12.1. The van der Waals surface area contributed by atoms with Crippen molar-refractivity contribution in [3.8, 4) is 0 Å². The molecule has 0 radical (unpaired) electrons. The summed E-state index contributed by atoms with van der Waals surface area (Å²) < 4.78 is 0.870. The molecule has 0 atom stereocenters. The van der Waals surface area contributed by atoms with Crippen LogP contribution >= 0.6 is 39.7 Å². The van der Waals surface area contributed by atoms with Crippen LogP contribution in [-0.4, -0.2) is 29.0 Å². The normalized spacial score (nSPS) is 18.9. The summed E-state index contributed by atoms with van der Waals surface area (Å²) in [6.45, 7) is 9.31. The Labute approximate surface area is 212 Å². The lowest BCUT2D eigenvalue weighted by Crippen LogP contribution is -2.54. The van der Waals surface area contributed by atoms with Gasteiger partial charge in [0.05, 0.1) is 11.2 Å². The second kappa shape index (κ2) is 8.70. The van der Waals surface area contributed by atoms with E-state index in [4.69, 9.17) is 23.8 Å². The van der Waals surface area contributed by atoms with Gasteiger partial charge in [0, 0.05) is 27.3 Å². The van der Waals surface area contributed by atoms with Crippen molar-refractivity contribution >= 4 is 79.7 Å². The minimum atomic E-state index is -0.546. The van der Waals surface area contributed by atoms with Gasteiger partial charge in [-0.2, -0.15) is 0 Å². The Morgan fingerprint density at radius 3 is 2.48 bits per heavy atom. The number of rotatable bonds is 3. The van der Waals surface area contributed by atoms with Crippen molar-refractivity contribution in [1.29, 1.82) is 0 Å². The Bertz CT molecular complexity index is 1250. The molecule has 1 N–H and O–H groups in total. The topological polar surface area (TPSA) is 52.7 Å². The number of fused-ring (bicyclic) bond motifs is 1. The number of carbonyl (C=O) groups excluding carboxylic acids is 2. The number of hydrogen-bond donors (Lipinski definition) is 1. The van der Waals surface area contributed by atoms with Crippen molar-refractivity contribution in [2.24, 2.45) is 0 Å². The highest BCUT2D eigenvalue weighted by Gasteiger charge is 2.35. The molecular formula is C25H23BrClN3O2S. The summed E-state index contributed by atoms with van der Waals surface area (Å²) in [7, 11) is 0. The van der Waals surface area contributed by atoms with Crippen LogP contribution < -0.4 is 15.1 Å². The molecule has 8 heteroatoms. The number of allylic oxidation sites excluding steroid dienone is 1. The molecular weight excluding hydrogens is 522 g/mol. The highest BCUT2D eigenvalue weighted by atomic mass is 79.9. The van der Waals surface area contributed by atoms with Crippen LogP contribution in [0.5, 0.6) is 0 Å². The van der Waals surface area contributed by atoms with E-state index in [-0.39, 0.29) is 16.2 Å². The van der Waals surface area contributed by atoms with Gasteiger partial charge in [-0.05, 0) is 93.5 Å². The average Bonchev–Trinajstić information content (AvgIpc) is 2.72. The van der Waals surface area contributed by atoms with Crippen molar-refractivity contribution in [3.63, 3.8) is 0 Å². The molecule has 0 bridgehead atoms. The SMILES string of the molecule is CCN1c2cc(Cl)c(/C=C3/C(=O)NC(=S)N(c4ccc(Br)cc4)C3=O)cc2C(C)=CC1(C)C. The molecule has 0 aliphatic carbocycles. The molecule has 2 amide bonds. The molecule has 2 heterocycles. The maximum Gasteiger partial charge on any atom is 0.270 e. The first kappa shape index (κ1) is 23.7. The minimum Gasteiger partial charge on any atom is -0.363 e. The molecule has 170 valence electrons. The van der Waals surface area contributed by atoms with Crippen molar-refractivity contribution in [2.75, 3.05) is 16.3 Å². The quantitative estimate of drug-likeness (QED) is 0.294. The van der Waals surface area contributed by atoms with E-state index in [0.717, 1.165) is 27.8 Å². The van der Waals surface area contributed by atoms with Crippen molar-refractivity contribution in [1.82, 2.24) is 5.32 Å². The number of anilines is 2. The molecule has 2 aromatic rings. The van der Waals surface area contributed by atoms with Crippen molar-refractivity contribution in [3.05, 3.63) is 68.7 Å². The number of amides is 2. The molecule has 33 heavy (non-hydrogen) atoms. The zero-order valence-corrected chi connectivity index (χ0v) is 21.9. The highest BCUT2D eigenvalue weighted by Crippen LogP contribution is 2.41. The van der Waals surface area contributed by atoms with E-state index in [1.807, 2.05) is 24.3 Å². The zero-order valence-electron chi connectivity index (χ0n) is 18.7. The van der Waals surface area contributed by atoms with E-state index in [1.54, 1.807) is 12.1 Å². The van der Waals surface area contributed by atoms with Gasteiger partial charge in [-0.1, -0.05) is 33.6 Å². The summed E-state index contributed by atoms with van der Waals surface area (Å²) in [5, 5.41) is 3.12. The van der Waals surface area contributed by atoms with E-state index < -0.39 is 11.8 Å². The average molecular weight is 545 g/mol. The Morgan fingerprint density at radius 1 is 1.18 bits per heavy atom. The van der Waals surface area contributed by atoms with E-state index in [1.165, 1.54) is 11.0 Å². The fourth-order valence-electron chi connectivity index (χ4n) is 4.44. The van der Waals surface area contributed by atoms with E-state index >= 15 is 0 Å². The standard InChI is InChI=1S/C25H23BrClN3O2S/c1-5-29-21-12-20(27)15(10-18(21)14(2)13-25(29,3)4)11-19-22(31)28-24(33)30(23(19)32)17-8-6-16(26)7-9-17/h6-13H,5H2,1-4H3,(H,28,31,33)/b19-11-. The zero-order chi connectivity index (χ0) is 24.1. The maximum absolute atomic E-state index is 13.3.